The summed E-state index contributed by atoms with van der Waals surface area (Å²) in [5.41, 5.74) is 0.604. The van der Waals surface area contributed by atoms with Crippen molar-refractivity contribution in [1.82, 2.24) is 14.9 Å². The summed E-state index contributed by atoms with van der Waals surface area (Å²) in [6.45, 7) is 7.69. The molecule has 0 bridgehead atoms. The zero-order valence-corrected chi connectivity index (χ0v) is 18.0. The summed E-state index contributed by atoms with van der Waals surface area (Å²) < 4.78 is 45.3. The second-order valence-electron chi connectivity index (χ2n) is 8.40. The van der Waals surface area contributed by atoms with Gasteiger partial charge in [-0.15, -0.1) is 0 Å². The van der Waals surface area contributed by atoms with Crippen LogP contribution in [0, 0.1) is 5.82 Å². The van der Waals surface area contributed by atoms with Crippen LogP contribution in [-0.2, 0) is 22.1 Å². The molecule has 1 aliphatic heterocycles. The van der Waals surface area contributed by atoms with Gasteiger partial charge in [0.05, 0.1) is 11.0 Å². The maximum atomic E-state index is 13.8. The zero-order chi connectivity index (χ0) is 21.1. The molecule has 1 fully saturated rings. The molecule has 158 valence electrons. The van der Waals surface area contributed by atoms with Crippen LogP contribution in [0.5, 0.6) is 5.88 Å². The van der Waals surface area contributed by atoms with Crippen LogP contribution in [0.25, 0.3) is 0 Å². The van der Waals surface area contributed by atoms with Gasteiger partial charge in [-0.05, 0) is 52.8 Å². The Bertz CT molecular complexity index is 936. The van der Waals surface area contributed by atoms with Crippen molar-refractivity contribution >= 4 is 9.84 Å². The maximum Gasteiger partial charge on any atom is 0.237 e. The Labute approximate surface area is 172 Å². The van der Waals surface area contributed by atoms with Gasteiger partial charge in [0.25, 0.3) is 0 Å². The van der Waals surface area contributed by atoms with E-state index in [0.717, 1.165) is 5.69 Å². The van der Waals surface area contributed by atoms with Gasteiger partial charge in [-0.1, -0.05) is 18.2 Å². The molecule has 1 aromatic heterocycles. The molecule has 0 aliphatic carbocycles. The Hall–Kier alpha value is -2.06. The minimum Gasteiger partial charge on any atom is -0.471 e. The Balaban J connectivity index is 1.61. The molecule has 3 rings (SSSR count). The van der Waals surface area contributed by atoms with Crippen LogP contribution in [0.15, 0.2) is 36.7 Å². The van der Waals surface area contributed by atoms with Gasteiger partial charge in [-0.25, -0.2) is 17.8 Å². The van der Waals surface area contributed by atoms with E-state index in [-0.39, 0.29) is 16.9 Å². The van der Waals surface area contributed by atoms with E-state index in [1.807, 2.05) is 20.8 Å². The molecule has 0 unspecified atom stereocenters. The molecule has 8 heteroatoms. The summed E-state index contributed by atoms with van der Waals surface area (Å²) in [5.74, 6) is -0.213. The molecule has 1 aliphatic rings. The molecule has 0 atom stereocenters. The molecule has 2 heterocycles. The van der Waals surface area contributed by atoms with Gasteiger partial charge in [-0.2, -0.15) is 0 Å². The first-order chi connectivity index (χ1) is 13.6. The molecule has 29 heavy (non-hydrogen) atoms. The van der Waals surface area contributed by atoms with E-state index in [1.165, 1.54) is 12.1 Å². The van der Waals surface area contributed by atoms with Crippen molar-refractivity contribution in [2.24, 2.45) is 0 Å². The number of ether oxygens (including phenoxy) is 1. The van der Waals surface area contributed by atoms with Crippen molar-refractivity contribution in [2.75, 3.05) is 13.1 Å². The van der Waals surface area contributed by atoms with E-state index < -0.39 is 20.9 Å². The Morgan fingerprint density at radius 2 is 1.79 bits per heavy atom. The number of hydrogen-bond acceptors (Lipinski definition) is 6. The summed E-state index contributed by atoms with van der Waals surface area (Å²) in [6, 6.07) is 6.06. The predicted molar refractivity (Wildman–Crippen MR) is 110 cm³/mol. The van der Waals surface area contributed by atoms with Crippen LogP contribution in [0.4, 0.5) is 4.39 Å². The zero-order valence-electron chi connectivity index (χ0n) is 17.1. The monoisotopic (exact) mass is 421 g/mol. The highest BCUT2D eigenvalue weighted by molar-refractivity contribution is 7.91. The molecule has 0 N–H and O–H groups in total. The molecular weight excluding hydrogens is 393 g/mol. The molecule has 1 aromatic carbocycles. The number of sulfone groups is 1. The van der Waals surface area contributed by atoms with E-state index in [0.29, 0.717) is 38.4 Å². The highest BCUT2D eigenvalue weighted by Crippen LogP contribution is 2.25. The average molecular weight is 422 g/mol. The number of aromatic nitrogens is 2. The largest absolute Gasteiger partial charge is 0.471 e. The number of likely N-dealkylation sites (tertiary alicyclic amines) is 1. The van der Waals surface area contributed by atoms with Crippen molar-refractivity contribution in [3.05, 3.63) is 53.7 Å². The standard InChI is InChI=1S/C21H28FN3O3S/c1-21(2,3)28-20-19(23-10-11-24-20)14-25-12-8-17(9-13-25)29(26,27)15-16-6-4-5-7-18(16)22/h4-7,10-11,17H,8-9,12-15H2,1-3H3. The van der Waals surface area contributed by atoms with Crippen LogP contribution in [0.2, 0.25) is 0 Å². The van der Waals surface area contributed by atoms with Crippen molar-refractivity contribution < 1.29 is 17.5 Å². The third kappa shape index (κ3) is 5.96. The van der Waals surface area contributed by atoms with E-state index in [2.05, 4.69) is 14.9 Å². The molecular formula is C21H28FN3O3S. The molecule has 2 aromatic rings. The SMILES string of the molecule is CC(C)(C)Oc1nccnc1CN1CCC(S(=O)(=O)Cc2ccccc2F)CC1. The second-order valence-corrected chi connectivity index (χ2v) is 10.7. The van der Waals surface area contributed by atoms with Crippen molar-refractivity contribution in [3.63, 3.8) is 0 Å². The smallest absolute Gasteiger partial charge is 0.237 e. The molecule has 6 nitrogen and oxygen atoms in total. The highest BCUT2D eigenvalue weighted by Gasteiger charge is 2.31. The Kier molecular flexibility index (Phi) is 6.53. The average Bonchev–Trinajstić information content (AvgIpc) is 2.64. The fourth-order valence-electron chi connectivity index (χ4n) is 3.43. The number of piperidine rings is 1. The van der Waals surface area contributed by atoms with E-state index in [4.69, 9.17) is 4.74 Å². The van der Waals surface area contributed by atoms with Gasteiger partial charge in [0.2, 0.25) is 5.88 Å². The first kappa shape index (κ1) is 21.6. The summed E-state index contributed by atoms with van der Waals surface area (Å²) in [6.07, 6.45) is 4.28. The van der Waals surface area contributed by atoms with E-state index in [9.17, 15) is 12.8 Å². The van der Waals surface area contributed by atoms with Gasteiger partial charge in [-0.3, -0.25) is 9.88 Å². The minimum atomic E-state index is -3.41. The van der Waals surface area contributed by atoms with Crippen LogP contribution in [-0.4, -0.2) is 47.2 Å². The quantitative estimate of drug-likeness (QED) is 0.712. The van der Waals surface area contributed by atoms with Gasteiger partial charge < -0.3 is 4.74 Å². The number of hydrogen-bond donors (Lipinski definition) is 0. The fourth-order valence-corrected chi connectivity index (χ4v) is 5.26. The number of rotatable bonds is 6. The van der Waals surface area contributed by atoms with Gasteiger partial charge >= 0.3 is 0 Å². The predicted octanol–water partition coefficient (Wildman–Crippen LogP) is 3.37. The number of halogens is 1. The molecule has 0 saturated carbocycles. The van der Waals surface area contributed by atoms with Crippen molar-refractivity contribution in [2.45, 2.75) is 56.8 Å². The minimum absolute atomic E-state index is 0.235. The Morgan fingerprint density at radius 1 is 1.14 bits per heavy atom. The lowest BCUT2D eigenvalue weighted by Gasteiger charge is -2.32. The number of nitrogens with zero attached hydrogens (tertiary/aromatic N) is 3. The number of benzene rings is 1. The van der Waals surface area contributed by atoms with Crippen LogP contribution >= 0.6 is 0 Å². The molecule has 1 saturated heterocycles. The summed E-state index contributed by atoms with van der Waals surface area (Å²) in [7, 11) is -3.41. The van der Waals surface area contributed by atoms with Crippen molar-refractivity contribution in [3.8, 4) is 5.88 Å². The third-order valence-electron chi connectivity index (χ3n) is 4.87. The van der Waals surface area contributed by atoms with Crippen LogP contribution in [0.3, 0.4) is 0 Å². The Morgan fingerprint density at radius 3 is 2.45 bits per heavy atom. The lowest BCUT2D eigenvalue weighted by Crippen LogP contribution is -2.39. The fraction of sp³-hybridized carbons (Fsp3) is 0.524. The first-order valence-corrected chi connectivity index (χ1v) is 11.5. The summed E-state index contributed by atoms with van der Waals surface area (Å²) >= 11 is 0. The summed E-state index contributed by atoms with van der Waals surface area (Å²) in [4.78, 5) is 10.9. The lowest BCUT2D eigenvalue weighted by atomic mass is 10.1. The second kappa shape index (κ2) is 8.75. The lowest BCUT2D eigenvalue weighted by molar-refractivity contribution is 0.118. The van der Waals surface area contributed by atoms with Gasteiger partial charge in [0, 0.05) is 24.5 Å². The molecule has 0 spiro atoms. The van der Waals surface area contributed by atoms with Crippen LogP contribution < -0.4 is 4.74 Å². The molecule has 0 amide bonds. The highest BCUT2D eigenvalue weighted by atomic mass is 32.2. The van der Waals surface area contributed by atoms with Crippen molar-refractivity contribution in [1.29, 1.82) is 0 Å². The maximum absolute atomic E-state index is 13.8. The van der Waals surface area contributed by atoms with Gasteiger partial charge in [0.1, 0.15) is 17.1 Å². The van der Waals surface area contributed by atoms with Gasteiger partial charge in [0.15, 0.2) is 9.84 Å². The van der Waals surface area contributed by atoms with Crippen LogP contribution in [0.1, 0.15) is 44.9 Å². The van der Waals surface area contributed by atoms with E-state index in [1.54, 1.807) is 24.5 Å². The third-order valence-corrected chi connectivity index (χ3v) is 7.07. The normalized spacial score (nSPS) is 16.7. The first-order valence-electron chi connectivity index (χ1n) is 9.80. The topological polar surface area (TPSA) is 72.4 Å². The van der Waals surface area contributed by atoms with E-state index >= 15 is 0 Å². The molecule has 0 radical (unpaired) electrons. The summed E-state index contributed by atoms with van der Waals surface area (Å²) in [5, 5.41) is -0.453.